The molecule has 3 rings (SSSR count). The van der Waals surface area contributed by atoms with E-state index in [1.165, 1.54) is 5.56 Å². The second-order valence-electron chi connectivity index (χ2n) is 5.93. The van der Waals surface area contributed by atoms with E-state index in [9.17, 15) is 0 Å². The monoisotopic (exact) mass is 292 g/mol. The van der Waals surface area contributed by atoms with Crippen molar-refractivity contribution in [3.05, 3.63) is 23.8 Å². The molecule has 116 valence electrons. The van der Waals surface area contributed by atoms with Gasteiger partial charge in [0.1, 0.15) is 0 Å². The summed E-state index contributed by atoms with van der Waals surface area (Å²) in [5, 5.41) is 3.41. The molecular weight excluding hydrogens is 268 g/mol. The molecule has 5 heteroatoms. The normalized spacial score (nSPS) is 26.8. The molecule has 21 heavy (non-hydrogen) atoms. The Morgan fingerprint density at radius 2 is 1.90 bits per heavy atom. The molecule has 2 heterocycles. The van der Waals surface area contributed by atoms with Crippen LogP contribution in [0.15, 0.2) is 18.2 Å². The van der Waals surface area contributed by atoms with Gasteiger partial charge in [-0.2, -0.15) is 0 Å². The van der Waals surface area contributed by atoms with Crippen LogP contribution in [-0.2, 0) is 4.74 Å². The lowest BCUT2D eigenvalue weighted by Gasteiger charge is -2.37. The first kappa shape index (κ1) is 14.6. The molecule has 0 aromatic heterocycles. The van der Waals surface area contributed by atoms with Gasteiger partial charge >= 0.3 is 0 Å². The Hall–Kier alpha value is -1.30. The topological polar surface area (TPSA) is 43.0 Å². The molecule has 0 saturated carbocycles. The third-order valence-electron chi connectivity index (χ3n) is 4.08. The summed E-state index contributed by atoms with van der Waals surface area (Å²) in [7, 11) is 2.00. The molecule has 0 aliphatic carbocycles. The van der Waals surface area contributed by atoms with Crippen molar-refractivity contribution in [2.24, 2.45) is 0 Å². The van der Waals surface area contributed by atoms with Gasteiger partial charge in [-0.1, -0.05) is 6.07 Å². The summed E-state index contributed by atoms with van der Waals surface area (Å²) in [6, 6.07) is 6.46. The zero-order valence-electron chi connectivity index (χ0n) is 13.0. The van der Waals surface area contributed by atoms with Crippen LogP contribution in [0.2, 0.25) is 0 Å². The fourth-order valence-corrected chi connectivity index (χ4v) is 3.18. The fraction of sp³-hybridized carbons (Fsp3) is 0.625. The number of rotatable bonds is 4. The Morgan fingerprint density at radius 1 is 1.19 bits per heavy atom. The number of nitrogens with one attached hydrogen (secondary N) is 1. The number of benzene rings is 1. The smallest absolute Gasteiger partial charge is 0.231 e. The highest BCUT2D eigenvalue weighted by atomic mass is 16.7. The Morgan fingerprint density at radius 3 is 2.62 bits per heavy atom. The van der Waals surface area contributed by atoms with Crippen molar-refractivity contribution in [2.45, 2.75) is 32.1 Å². The predicted molar refractivity (Wildman–Crippen MR) is 80.8 cm³/mol. The van der Waals surface area contributed by atoms with Crippen LogP contribution in [0, 0.1) is 0 Å². The number of nitrogens with zero attached hydrogens (tertiary/aromatic N) is 1. The largest absolute Gasteiger partial charge is 0.454 e. The van der Waals surface area contributed by atoms with Crippen LogP contribution in [-0.4, -0.2) is 50.6 Å². The zero-order chi connectivity index (χ0) is 14.8. The van der Waals surface area contributed by atoms with Crippen molar-refractivity contribution in [3.8, 4) is 11.5 Å². The molecule has 1 aromatic rings. The Bertz CT molecular complexity index is 484. The van der Waals surface area contributed by atoms with Gasteiger partial charge in [0.2, 0.25) is 6.79 Å². The van der Waals surface area contributed by atoms with E-state index in [0.717, 1.165) is 31.1 Å². The minimum Gasteiger partial charge on any atom is -0.454 e. The molecule has 2 aliphatic heterocycles. The Labute approximate surface area is 126 Å². The van der Waals surface area contributed by atoms with Crippen LogP contribution >= 0.6 is 0 Å². The second kappa shape index (κ2) is 6.22. The lowest BCUT2D eigenvalue weighted by Crippen LogP contribution is -2.48. The van der Waals surface area contributed by atoms with Gasteiger partial charge in [0.15, 0.2) is 11.5 Å². The minimum absolute atomic E-state index is 0.275. The number of hydrogen-bond acceptors (Lipinski definition) is 5. The lowest BCUT2D eigenvalue weighted by molar-refractivity contribution is -0.0698. The van der Waals surface area contributed by atoms with E-state index >= 15 is 0 Å². The van der Waals surface area contributed by atoms with Gasteiger partial charge in [0, 0.05) is 25.7 Å². The van der Waals surface area contributed by atoms with Crippen molar-refractivity contribution in [1.82, 2.24) is 10.2 Å². The van der Waals surface area contributed by atoms with Gasteiger partial charge in [-0.3, -0.25) is 4.90 Å². The summed E-state index contributed by atoms with van der Waals surface area (Å²) >= 11 is 0. The van der Waals surface area contributed by atoms with Crippen molar-refractivity contribution in [3.63, 3.8) is 0 Å². The maximum absolute atomic E-state index is 5.80. The van der Waals surface area contributed by atoms with Crippen LogP contribution in [0.1, 0.15) is 25.5 Å². The summed E-state index contributed by atoms with van der Waals surface area (Å²) in [4.78, 5) is 2.46. The predicted octanol–water partition coefficient (Wildman–Crippen LogP) is 1.78. The van der Waals surface area contributed by atoms with Crippen LogP contribution < -0.4 is 14.8 Å². The highest BCUT2D eigenvalue weighted by Crippen LogP contribution is 2.34. The quantitative estimate of drug-likeness (QED) is 0.916. The van der Waals surface area contributed by atoms with Gasteiger partial charge in [-0.05, 0) is 38.6 Å². The van der Waals surface area contributed by atoms with E-state index in [1.807, 2.05) is 13.1 Å². The molecule has 1 aromatic carbocycles. The first-order valence-electron chi connectivity index (χ1n) is 7.60. The van der Waals surface area contributed by atoms with Crippen LogP contribution in [0.4, 0.5) is 0 Å². The van der Waals surface area contributed by atoms with Gasteiger partial charge in [0.05, 0.1) is 12.2 Å². The van der Waals surface area contributed by atoms with E-state index < -0.39 is 0 Å². The minimum atomic E-state index is 0.275. The molecule has 0 amide bonds. The summed E-state index contributed by atoms with van der Waals surface area (Å²) < 4.78 is 16.6. The van der Waals surface area contributed by atoms with Crippen molar-refractivity contribution >= 4 is 0 Å². The summed E-state index contributed by atoms with van der Waals surface area (Å²) in [6.45, 7) is 7.52. The summed E-state index contributed by atoms with van der Waals surface area (Å²) in [6.07, 6.45) is 0.589. The summed E-state index contributed by atoms with van der Waals surface area (Å²) in [5.41, 5.74) is 1.23. The molecule has 1 N–H and O–H groups in total. The van der Waals surface area contributed by atoms with Crippen LogP contribution in [0.5, 0.6) is 11.5 Å². The fourth-order valence-electron chi connectivity index (χ4n) is 3.18. The standard InChI is InChI=1S/C16H24N2O3/c1-11-7-18(8-12(2)21-11)9-14(17-3)13-4-5-15-16(6-13)20-10-19-15/h4-6,11-12,14,17H,7-10H2,1-3H3/t11-,12+,14?. The molecule has 2 aliphatic rings. The molecule has 1 saturated heterocycles. The zero-order valence-corrected chi connectivity index (χ0v) is 13.0. The Kier molecular flexibility index (Phi) is 4.33. The third kappa shape index (κ3) is 3.31. The number of likely N-dealkylation sites (N-methyl/N-ethyl adjacent to an activating group) is 1. The average Bonchev–Trinajstić information content (AvgIpc) is 2.91. The maximum Gasteiger partial charge on any atom is 0.231 e. The van der Waals surface area contributed by atoms with Crippen LogP contribution in [0.25, 0.3) is 0 Å². The van der Waals surface area contributed by atoms with Gasteiger partial charge in [-0.25, -0.2) is 0 Å². The molecule has 1 unspecified atom stereocenters. The lowest BCUT2D eigenvalue weighted by atomic mass is 10.0. The first-order valence-corrected chi connectivity index (χ1v) is 7.60. The molecule has 0 radical (unpaired) electrons. The van der Waals surface area contributed by atoms with E-state index in [0.29, 0.717) is 19.0 Å². The highest BCUT2D eigenvalue weighted by molar-refractivity contribution is 5.45. The SMILES string of the molecule is CNC(CN1C[C@@H](C)O[C@@H](C)C1)c1ccc2c(c1)OCO2. The van der Waals surface area contributed by atoms with Gasteiger partial charge in [-0.15, -0.1) is 0 Å². The highest BCUT2D eigenvalue weighted by Gasteiger charge is 2.25. The molecule has 0 bridgehead atoms. The summed E-state index contributed by atoms with van der Waals surface area (Å²) in [5.74, 6) is 1.68. The van der Waals surface area contributed by atoms with Gasteiger partial charge in [0.25, 0.3) is 0 Å². The number of fused-ring (bicyclic) bond motifs is 1. The molecule has 0 spiro atoms. The van der Waals surface area contributed by atoms with Crippen molar-refractivity contribution < 1.29 is 14.2 Å². The second-order valence-corrected chi connectivity index (χ2v) is 5.93. The molecule has 5 nitrogen and oxygen atoms in total. The van der Waals surface area contributed by atoms with E-state index in [1.54, 1.807) is 0 Å². The van der Waals surface area contributed by atoms with Crippen molar-refractivity contribution in [1.29, 1.82) is 0 Å². The van der Waals surface area contributed by atoms with E-state index in [2.05, 4.69) is 36.2 Å². The van der Waals surface area contributed by atoms with Crippen molar-refractivity contribution in [2.75, 3.05) is 33.5 Å². The molecular formula is C16H24N2O3. The number of ether oxygens (including phenoxy) is 3. The van der Waals surface area contributed by atoms with E-state index in [-0.39, 0.29) is 6.04 Å². The Balaban J connectivity index is 1.70. The molecule has 1 fully saturated rings. The first-order chi connectivity index (χ1) is 10.2. The van der Waals surface area contributed by atoms with Gasteiger partial charge < -0.3 is 19.5 Å². The van der Waals surface area contributed by atoms with E-state index in [4.69, 9.17) is 14.2 Å². The maximum atomic E-state index is 5.80. The average molecular weight is 292 g/mol. The number of hydrogen-bond donors (Lipinski definition) is 1. The molecule has 3 atom stereocenters. The van der Waals surface area contributed by atoms with Crippen LogP contribution in [0.3, 0.4) is 0 Å². The number of morpholine rings is 1. The third-order valence-corrected chi connectivity index (χ3v) is 4.08.